The molecule has 0 spiro atoms. The van der Waals surface area contributed by atoms with Crippen LogP contribution in [0.25, 0.3) is 0 Å². The van der Waals surface area contributed by atoms with E-state index in [-0.39, 0.29) is 13.2 Å². The molecule has 0 radical (unpaired) electrons. The van der Waals surface area contributed by atoms with E-state index in [1.165, 1.54) is 0 Å². The number of hydrogen-bond donors (Lipinski definition) is 3. The molecule has 0 aliphatic carbocycles. The largest absolute Gasteiger partial charge is 0.464 e. The van der Waals surface area contributed by atoms with Crippen LogP contribution in [0.2, 0.25) is 0 Å². The third kappa shape index (κ3) is 5.80. The van der Waals surface area contributed by atoms with Gasteiger partial charge >= 0.3 is 12.1 Å². The topological polar surface area (TPSA) is 105 Å². The van der Waals surface area contributed by atoms with Gasteiger partial charge in [-0.15, -0.1) is 0 Å². The van der Waals surface area contributed by atoms with E-state index in [9.17, 15) is 14.7 Å². The summed E-state index contributed by atoms with van der Waals surface area (Å²) in [6.07, 6.45) is -2.35. The molecule has 1 rings (SSSR count). The maximum atomic E-state index is 11.6. The summed E-state index contributed by atoms with van der Waals surface area (Å²) in [7, 11) is 0. The van der Waals surface area contributed by atoms with Crippen LogP contribution >= 0.6 is 0 Å². The highest BCUT2D eigenvalue weighted by Crippen LogP contribution is 2.02. The molecule has 1 aromatic rings. The number of alkyl carbamates (subject to hydrolysis) is 1. The summed E-state index contributed by atoms with van der Waals surface area (Å²) in [4.78, 5) is 23.2. The van der Waals surface area contributed by atoms with E-state index >= 15 is 0 Å². The van der Waals surface area contributed by atoms with Crippen LogP contribution in [-0.4, -0.2) is 47.6 Å². The lowest BCUT2D eigenvalue weighted by Gasteiger charge is -2.20. The Balaban J connectivity index is 2.53. The monoisotopic (exact) mass is 297 g/mol. The average Bonchev–Trinajstić information content (AvgIpc) is 2.51. The van der Waals surface area contributed by atoms with Gasteiger partial charge in [-0.1, -0.05) is 30.3 Å². The zero-order chi connectivity index (χ0) is 15.7. The third-order valence-corrected chi connectivity index (χ3v) is 2.60. The highest BCUT2D eigenvalue weighted by Gasteiger charge is 2.29. The number of rotatable bonds is 7. The van der Waals surface area contributed by atoms with E-state index in [0.717, 1.165) is 5.56 Å². The summed E-state index contributed by atoms with van der Waals surface area (Å²) in [6, 6.07) is 7.61. The second-order valence-electron chi connectivity index (χ2n) is 4.19. The van der Waals surface area contributed by atoms with Crippen molar-refractivity contribution < 1.29 is 29.3 Å². The predicted molar refractivity (Wildman–Crippen MR) is 73.3 cm³/mol. The van der Waals surface area contributed by atoms with E-state index in [1.807, 2.05) is 6.07 Å². The highest BCUT2D eigenvalue weighted by atomic mass is 16.6. The molecule has 7 nitrogen and oxygen atoms in total. The van der Waals surface area contributed by atoms with E-state index in [4.69, 9.17) is 14.6 Å². The fourth-order valence-corrected chi connectivity index (χ4v) is 1.54. The lowest BCUT2D eigenvalue weighted by molar-refractivity contribution is -0.149. The molecule has 116 valence electrons. The Morgan fingerprint density at radius 2 is 1.90 bits per heavy atom. The van der Waals surface area contributed by atoms with Gasteiger partial charge in [-0.3, -0.25) is 0 Å². The number of carbonyl (C=O) groups is 2. The van der Waals surface area contributed by atoms with Crippen LogP contribution < -0.4 is 5.32 Å². The summed E-state index contributed by atoms with van der Waals surface area (Å²) >= 11 is 0. The van der Waals surface area contributed by atoms with Crippen molar-refractivity contribution in [3.05, 3.63) is 35.9 Å². The van der Waals surface area contributed by atoms with Crippen molar-refractivity contribution >= 4 is 12.1 Å². The zero-order valence-corrected chi connectivity index (χ0v) is 11.7. The van der Waals surface area contributed by atoms with Crippen molar-refractivity contribution in [3.63, 3.8) is 0 Å². The molecule has 21 heavy (non-hydrogen) atoms. The SMILES string of the molecule is CCOC(=O)[C@@H](NC(=O)OCc1ccccc1)C(O)CO. The Morgan fingerprint density at radius 1 is 1.24 bits per heavy atom. The third-order valence-electron chi connectivity index (χ3n) is 2.60. The fourth-order valence-electron chi connectivity index (χ4n) is 1.54. The second kappa shape index (κ2) is 8.93. The first-order valence-corrected chi connectivity index (χ1v) is 6.51. The predicted octanol–water partition coefficient (Wildman–Crippen LogP) is 0.198. The van der Waals surface area contributed by atoms with Crippen molar-refractivity contribution in [1.29, 1.82) is 0 Å². The number of aliphatic hydroxyl groups excluding tert-OH is 2. The number of aliphatic hydroxyl groups is 2. The molecule has 1 aromatic carbocycles. The summed E-state index contributed by atoms with van der Waals surface area (Å²) in [5.74, 6) is -0.837. The van der Waals surface area contributed by atoms with Crippen LogP contribution in [-0.2, 0) is 20.9 Å². The maximum absolute atomic E-state index is 11.6. The Kier molecular flexibility index (Phi) is 7.20. The molecular weight excluding hydrogens is 278 g/mol. The summed E-state index contributed by atoms with van der Waals surface area (Å²) in [5.41, 5.74) is 0.781. The van der Waals surface area contributed by atoms with Crippen LogP contribution in [0, 0.1) is 0 Å². The van der Waals surface area contributed by atoms with E-state index in [0.29, 0.717) is 0 Å². The van der Waals surface area contributed by atoms with Gasteiger partial charge in [0.15, 0.2) is 6.04 Å². The number of carbonyl (C=O) groups excluding carboxylic acids is 2. The van der Waals surface area contributed by atoms with Crippen LogP contribution in [0.3, 0.4) is 0 Å². The molecule has 1 amide bonds. The number of ether oxygens (including phenoxy) is 2. The van der Waals surface area contributed by atoms with Gasteiger partial charge in [-0.25, -0.2) is 9.59 Å². The number of hydrogen-bond acceptors (Lipinski definition) is 6. The Morgan fingerprint density at radius 3 is 2.48 bits per heavy atom. The Bertz CT molecular complexity index is 450. The van der Waals surface area contributed by atoms with E-state index in [1.54, 1.807) is 31.2 Å². The van der Waals surface area contributed by atoms with Gasteiger partial charge in [-0.2, -0.15) is 0 Å². The molecule has 0 heterocycles. The molecular formula is C14H19NO6. The molecule has 1 unspecified atom stereocenters. The minimum atomic E-state index is -1.46. The molecule has 0 bridgehead atoms. The molecule has 0 saturated heterocycles. The van der Waals surface area contributed by atoms with Crippen molar-refractivity contribution in [2.24, 2.45) is 0 Å². The van der Waals surface area contributed by atoms with Gasteiger partial charge in [0.25, 0.3) is 0 Å². The van der Waals surface area contributed by atoms with Crippen molar-refractivity contribution in [1.82, 2.24) is 5.32 Å². The average molecular weight is 297 g/mol. The van der Waals surface area contributed by atoms with Crippen LogP contribution in [0.1, 0.15) is 12.5 Å². The van der Waals surface area contributed by atoms with Gasteiger partial charge < -0.3 is 25.0 Å². The van der Waals surface area contributed by atoms with Gasteiger partial charge in [0.2, 0.25) is 0 Å². The van der Waals surface area contributed by atoms with Gasteiger partial charge in [0.1, 0.15) is 12.7 Å². The zero-order valence-electron chi connectivity index (χ0n) is 11.7. The minimum absolute atomic E-state index is 0.0252. The summed E-state index contributed by atoms with van der Waals surface area (Å²) < 4.78 is 9.64. The van der Waals surface area contributed by atoms with Crippen LogP contribution in [0.4, 0.5) is 4.79 Å². The molecule has 0 fully saturated rings. The van der Waals surface area contributed by atoms with Gasteiger partial charge in [0.05, 0.1) is 13.2 Å². The molecule has 7 heteroatoms. The number of nitrogens with one attached hydrogen (secondary N) is 1. The highest BCUT2D eigenvalue weighted by molar-refractivity contribution is 5.82. The number of esters is 1. The fraction of sp³-hybridized carbons (Fsp3) is 0.429. The second-order valence-corrected chi connectivity index (χ2v) is 4.19. The normalized spacial score (nSPS) is 13.1. The van der Waals surface area contributed by atoms with E-state index in [2.05, 4.69) is 5.32 Å². The first kappa shape index (κ1) is 16.9. The molecule has 0 saturated carbocycles. The van der Waals surface area contributed by atoms with Crippen LogP contribution in [0.15, 0.2) is 30.3 Å². The number of benzene rings is 1. The van der Waals surface area contributed by atoms with E-state index < -0.39 is 30.8 Å². The Labute approximate surface area is 122 Å². The first-order valence-electron chi connectivity index (χ1n) is 6.51. The molecule has 3 N–H and O–H groups in total. The number of amides is 1. The standard InChI is InChI=1S/C14H19NO6/c1-2-20-13(18)12(11(17)8-16)15-14(19)21-9-10-6-4-3-5-7-10/h3-7,11-12,16-17H,2,8-9H2,1H3,(H,15,19)/t11?,12-/m0/s1. The van der Waals surface area contributed by atoms with Crippen molar-refractivity contribution in [2.45, 2.75) is 25.7 Å². The summed E-state index contributed by atoms with van der Waals surface area (Å²) in [5, 5.41) is 20.6. The van der Waals surface area contributed by atoms with Crippen molar-refractivity contribution in [2.75, 3.05) is 13.2 Å². The lowest BCUT2D eigenvalue weighted by Crippen LogP contribution is -2.51. The molecule has 0 aliphatic rings. The van der Waals surface area contributed by atoms with Crippen molar-refractivity contribution in [3.8, 4) is 0 Å². The first-order chi connectivity index (χ1) is 10.1. The molecule has 2 atom stereocenters. The Hall–Kier alpha value is -2.12. The quantitative estimate of drug-likeness (QED) is 0.621. The van der Waals surface area contributed by atoms with Crippen LogP contribution in [0.5, 0.6) is 0 Å². The molecule has 0 aromatic heterocycles. The van der Waals surface area contributed by atoms with Gasteiger partial charge in [0, 0.05) is 0 Å². The minimum Gasteiger partial charge on any atom is -0.464 e. The summed E-state index contributed by atoms with van der Waals surface area (Å²) in [6.45, 7) is 1.02. The smallest absolute Gasteiger partial charge is 0.408 e. The van der Waals surface area contributed by atoms with Gasteiger partial charge in [-0.05, 0) is 12.5 Å². The molecule has 0 aliphatic heterocycles. The lowest BCUT2D eigenvalue weighted by atomic mass is 10.2. The maximum Gasteiger partial charge on any atom is 0.408 e.